The minimum absolute atomic E-state index is 0.0508. The Labute approximate surface area is 99.1 Å². The number of rotatable bonds is 3. The fraction of sp³-hybridized carbons (Fsp3) is 0.333. The number of hydrogen-bond acceptors (Lipinski definition) is 3. The van der Waals surface area contributed by atoms with Gasteiger partial charge in [0, 0.05) is 0 Å². The molecule has 6 heteroatoms. The molecule has 2 N–H and O–H groups in total. The van der Waals surface area contributed by atoms with Crippen molar-refractivity contribution < 1.29 is 8.42 Å². The van der Waals surface area contributed by atoms with Gasteiger partial charge in [-0.1, -0.05) is 30.1 Å². The van der Waals surface area contributed by atoms with Crippen LogP contribution in [0.4, 0.5) is 5.69 Å². The Kier molecular flexibility index (Phi) is 3.87. The minimum Gasteiger partial charge on any atom is -0.398 e. The first kappa shape index (κ1) is 12.6. The lowest BCUT2D eigenvalue weighted by atomic mass is 10.3. The molecule has 0 bridgehead atoms. The quantitative estimate of drug-likeness (QED) is 0.857. The summed E-state index contributed by atoms with van der Waals surface area (Å²) in [7, 11) is -3.35. The van der Waals surface area contributed by atoms with Gasteiger partial charge in [-0.2, -0.15) is 0 Å². The summed E-state index contributed by atoms with van der Waals surface area (Å²) in [5.41, 5.74) is 5.72. The van der Waals surface area contributed by atoms with E-state index in [2.05, 4.69) is 0 Å². The van der Waals surface area contributed by atoms with Gasteiger partial charge in [-0.3, -0.25) is 0 Å². The van der Waals surface area contributed by atoms with E-state index in [9.17, 15) is 8.42 Å². The molecule has 0 fully saturated rings. The average molecular weight is 268 g/mol. The van der Waals surface area contributed by atoms with Gasteiger partial charge in [0.25, 0.3) is 0 Å². The van der Waals surface area contributed by atoms with Crippen molar-refractivity contribution in [2.75, 3.05) is 11.5 Å². The molecule has 0 unspecified atom stereocenters. The highest BCUT2D eigenvalue weighted by Crippen LogP contribution is 2.30. The Morgan fingerprint density at radius 2 is 1.80 bits per heavy atom. The lowest BCUT2D eigenvalue weighted by molar-refractivity contribution is 0.595. The SMILES string of the molecule is CCCS(=O)(=O)c1cc(Cl)c(Cl)cc1N. The zero-order valence-corrected chi connectivity index (χ0v) is 10.5. The number of sulfone groups is 1. The molecule has 1 aromatic carbocycles. The third-order valence-corrected chi connectivity index (χ3v) is 4.55. The maximum absolute atomic E-state index is 11.7. The van der Waals surface area contributed by atoms with Crippen LogP contribution in [-0.2, 0) is 9.84 Å². The molecule has 0 radical (unpaired) electrons. The van der Waals surface area contributed by atoms with Crippen LogP contribution in [0.5, 0.6) is 0 Å². The van der Waals surface area contributed by atoms with Crippen molar-refractivity contribution in [3.05, 3.63) is 22.2 Å². The fourth-order valence-corrected chi connectivity index (χ4v) is 3.07. The van der Waals surface area contributed by atoms with Crippen LogP contribution in [0.1, 0.15) is 13.3 Å². The number of nitrogen functional groups attached to an aromatic ring is 1. The summed E-state index contributed by atoms with van der Waals surface area (Å²) < 4.78 is 23.5. The van der Waals surface area contributed by atoms with Gasteiger partial charge in [0.1, 0.15) is 0 Å². The molecule has 0 heterocycles. The third kappa shape index (κ3) is 2.77. The number of anilines is 1. The predicted octanol–water partition coefficient (Wildman–Crippen LogP) is 2.76. The second-order valence-electron chi connectivity index (χ2n) is 3.12. The molecule has 1 rings (SSSR count). The molecular weight excluding hydrogens is 257 g/mol. The first-order valence-electron chi connectivity index (χ1n) is 4.35. The first-order chi connectivity index (χ1) is 6.88. The Hall–Kier alpha value is -0.450. The molecular formula is C9H11Cl2NO2S. The molecule has 0 amide bonds. The topological polar surface area (TPSA) is 60.2 Å². The van der Waals surface area contributed by atoms with Crippen LogP contribution in [0.3, 0.4) is 0 Å². The van der Waals surface area contributed by atoms with Gasteiger partial charge in [0.15, 0.2) is 9.84 Å². The monoisotopic (exact) mass is 267 g/mol. The largest absolute Gasteiger partial charge is 0.398 e. The summed E-state index contributed by atoms with van der Waals surface area (Å²) in [6, 6.07) is 2.65. The van der Waals surface area contributed by atoms with Crippen LogP contribution >= 0.6 is 23.2 Å². The molecule has 1 aromatic rings. The van der Waals surface area contributed by atoms with Gasteiger partial charge >= 0.3 is 0 Å². The standard InChI is InChI=1S/C9H11Cl2NO2S/c1-2-3-15(13,14)9-5-7(11)6(10)4-8(9)12/h4-5H,2-3,12H2,1H3. The van der Waals surface area contributed by atoms with E-state index in [-0.39, 0.29) is 26.4 Å². The van der Waals surface area contributed by atoms with Crippen molar-refractivity contribution in [1.82, 2.24) is 0 Å². The number of halogens is 2. The Balaban J connectivity index is 3.33. The Bertz CT molecular complexity index is 471. The summed E-state index contributed by atoms with van der Waals surface area (Å²) in [5.74, 6) is 0.0508. The van der Waals surface area contributed by atoms with Crippen molar-refractivity contribution in [2.24, 2.45) is 0 Å². The van der Waals surface area contributed by atoms with Crippen LogP contribution in [0.2, 0.25) is 10.0 Å². The van der Waals surface area contributed by atoms with Crippen LogP contribution in [-0.4, -0.2) is 14.2 Å². The zero-order valence-electron chi connectivity index (χ0n) is 8.13. The zero-order chi connectivity index (χ0) is 11.6. The normalized spacial score (nSPS) is 11.7. The van der Waals surface area contributed by atoms with Crippen molar-refractivity contribution >= 4 is 38.7 Å². The lowest BCUT2D eigenvalue weighted by Crippen LogP contribution is -2.08. The van der Waals surface area contributed by atoms with Gasteiger partial charge in [-0.05, 0) is 18.6 Å². The van der Waals surface area contributed by atoms with Gasteiger partial charge < -0.3 is 5.73 Å². The lowest BCUT2D eigenvalue weighted by Gasteiger charge is -2.07. The molecule has 0 aliphatic heterocycles. The summed E-state index contributed by atoms with van der Waals surface area (Å²) >= 11 is 11.4. The number of nitrogens with two attached hydrogens (primary N) is 1. The van der Waals surface area contributed by atoms with Gasteiger partial charge in [0.2, 0.25) is 0 Å². The Morgan fingerprint density at radius 1 is 1.27 bits per heavy atom. The van der Waals surface area contributed by atoms with Crippen LogP contribution in [0, 0.1) is 0 Å². The fourth-order valence-electron chi connectivity index (χ4n) is 1.19. The van der Waals surface area contributed by atoms with Crippen LogP contribution in [0.25, 0.3) is 0 Å². The highest BCUT2D eigenvalue weighted by Gasteiger charge is 2.18. The van der Waals surface area contributed by atoms with E-state index in [1.165, 1.54) is 12.1 Å². The molecule has 0 saturated heterocycles. The number of hydrogen-bond donors (Lipinski definition) is 1. The molecule has 0 spiro atoms. The van der Waals surface area contributed by atoms with Crippen molar-refractivity contribution in [3.8, 4) is 0 Å². The molecule has 0 aromatic heterocycles. The second kappa shape index (κ2) is 4.60. The maximum atomic E-state index is 11.7. The highest BCUT2D eigenvalue weighted by molar-refractivity contribution is 7.91. The minimum atomic E-state index is -3.35. The van der Waals surface area contributed by atoms with Crippen molar-refractivity contribution in [1.29, 1.82) is 0 Å². The van der Waals surface area contributed by atoms with Crippen molar-refractivity contribution in [3.63, 3.8) is 0 Å². The van der Waals surface area contributed by atoms with Gasteiger partial charge in [0.05, 0.1) is 26.4 Å². The summed E-state index contributed by atoms with van der Waals surface area (Å²) in [4.78, 5) is 0.0544. The predicted molar refractivity (Wildman–Crippen MR) is 63.2 cm³/mol. The second-order valence-corrected chi connectivity index (χ2v) is 6.01. The van der Waals surface area contributed by atoms with Gasteiger partial charge in [-0.15, -0.1) is 0 Å². The molecule has 3 nitrogen and oxygen atoms in total. The van der Waals surface area contributed by atoms with E-state index in [1.54, 1.807) is 6.92 Å². The maximum Gasteiger partial charge on any atom is 0.180 e. The number of benzene rings is 1. The summed E-state index contributed by atoms with van der Waals surface area (Å²) in [6.07, 6.45) is 0.530. The van der Waals surface area contributed by atoms with E-state index in [1.807, 2.05) is 0 Å². The van der Waals surface area contributed by atoms with E-state index in [4.69, 9.17) is 28.9 Å². The molecule has 0 aliphatic rings. The molecule has 0 atom stereocenters. The molecule has 0 aliphatic carbocycles. The Morgan fingerprint density at radius 3 is 2.33 bits per heavy atom. The smallest absolute Gasteiger partial charge is 0.180 e. The summed E-state index contributed by atoms with van der Waals surface area (Å²) in [6.45, 7) is 1.78. The first-order valence-corrected chi connectivity index (χ1v) is 6.76. The van der Waals surface area contributed by atoms with Crippen molar-refractivity contribution in [2.45, 2.75) is 18.2 Å². The third-order valence-electron chi connectivity index (χ3n) is 1.86. The van der Waals surface area contributed by atoms with E-state index >= 15 is 0 Å². The molecule has 0 saturated carbocycles. The van der Waals surface area contributed by atoms with E-state index in [0.717, 1.165) is 0 Å². The highest BCUT2D eigenvalue weighted by atomic mass is 35.5. The van der Waals surface area contributed by atoms with E-state index in [0.29, 0.717) is 6.42 Å². The van der Waals surface area contributed by atoms with Crippen LogP contribution in [0.15, 0.2) is 17.0 Å². The van der Waals surface area contributed by atoms with E-state index < -0.39 is 9.84 Å². The molecule has 15 heavy (non-hydrogen) atoms. The molecule has 84 valence electrons. The summed E-state index contributed by atoms with van der Waals surface area (Å²) in [5, 5.41) is 0.449. The van der Waals surface area contributed by atoms with Crippen LogP contribution < -0.4 is 5.73 Å². The average Bonchev–Trinajstić information content (AvgIpc) is 2.11. The van der Waals surface area contributed by atoms with Gasteiger partial charge in [-0.25, -0.2) is 8.42 Å².